The molecule has 0 aliphatic heterocycles. The van der Waals surface area contributed by atoms with Gasteiger partial charge < -0.3 is 9.30 Å². The third kappa shape index (κ3) is 6.68. The summed E-state index contributed by atoms with van der Waals surface area (Å²) in [6.45, 7) is 3.06. The summed E-state index contributed by atoms with van der Waals surface area (Å²) in [5, 5.41) is 15.2. The molecule has 0 bridgehead atoms. The van der Waals surface area contributed by atoms with Crippen molar-refractivity contribution in [2.75, 3.05) is 0 Å². The van der Waals surface area contributed by atoms with E-state index >= 15 is 0 Å². The zero-order valence-corrected chi connectivity index (χ0v) is 28.1. The molecule has 244 valence electrons. The molecule has 0 saturated carbocycles. The molecule has 0 aliphatic rings. The molecule has 49 heavy (non-hydrogen) atoms. The van der Waals surface area contributed by atoms with E-state index in [0.717, 1.165) is 69.7 Å². The van der Waals surface area contributed by atoms with Crippen LogP contribution in [-0.2, 0) is 29.9 Å². The van der Waals surface area contributed by atoms with E-state index in [9.17, 15) is 0 Å². The zero-order valence-electron chi connectivity index (χ0n) is 27.3. The second kappa shape index (κ2) is 14.8. The van der Waals surface area contributed by atoms with Crippen LogP contribution in [0.5, 0.6) is 0 Å². The Balaban J connectivity index is 1.25. The van der Waals surface area contributed by atoms with Crippen LogP contribution in [0.15, 0.2) is 140 Å². The highest BCUT2D eigenvalue weighted by Gasteiger charge is 2.38. The van der Waals surface area contributed by atoms with Gasteiger partial charge in [0.25, 0.3) is 0 Å². The summed E-state index contributed by atoms with van der Waals surface area (Å²) in [5.74, 6) is 1.53. The first-order valence-corrected chi connectivity index (χ1v) is 17.0. The van der Waals surface area contributed by atoms with Gasteiger partial charge >= 0.3 is 0 Å². The van der Waals surface area contributed by atoms with Gasteiger partial charge in [0.2, 0.25) is 5.82 Å². The standard InChI is InChI=1S/C41H37ClN6O/c1-2-3-23-38-43-39(42)37(48(38)28-30-24-26-31(27-25-30)35-21-13-14-22-36(35)40-44-46-47-45-40)29-49-41(32-15-7-4-8-16-32,33-17-9-5-10-18-33)34-19-11-6-12-20-34/h4-22,24-27H,2-3,23,28-29H2,1H3,(H,44,45,46,47). The predicted octanol–water partition coefficient (Wildman–Crippen LogP) is 9.28. The normalized spacial score (nSPS) is 11.6. The minimum atomic E-state index is -0.875. The number of aromatic nitrogens is 6. The number of halogens is 1. The average molecular weight is 665 g/mol. The van der Waals surface area contributed by atoms with Crippen LogP contribution in [0, 0.1) is 0 Å². The molecule has 0 aliphatic carbocycles. The van der Waals surface area contributed by atoms with E-state index in [4.69, 9.17) is 21.3 Å². The first kappa shape index (κ1) is 32.2. The van der Waals surface area contributed by atoms with Crippen molar-refractivity contribution in [1.82, 2.24) is 30.2 Å². The maximum absolute atomic E-state index is 7.21. The molecule has 0 unspecified atom stereocenters. The Hall–Kier alpha value is -5.37. The van der Waals surface area contributed by atoms with Crippen molar-refractivity contribution >= 4 is 11.6 Å². The third-order valence-corrected chi connectivity index (χ3v) is 9.24. The van der Waals surface area contributed by atoms with Crippen LogP contribution >= 0.6 is 11.6 Å². The Morgan fingerprint density at radius 1 is 0.714 bits per heavy atom. The number of aromatic amines is 1. The number of rotatable bonds is 13. The number of imidazole rings is 1. The average Bonchev–Trinajstić information content (AvgIpc) is 3.81. The molecule has 0 atom stereocenters. The molecule has 0 amide bonds. The minimum Gasteiger partial charge on any atom is -0.355 e. The number of unbranched alkanes of at least 4 members (excludes halogenated alkanes) is 1. The molecule has 1 N–H and O–H groups in total. The number of tetrazole rings is 1. The van der Waals surface area contributed by atoms with Crippen LogP contribution in [0.2, 0.25) is 5.15 Å². The zero-order chi connectivity index (χ0) is 33.5. The molecule has 0 saturated heterocycles. The van der Waals surface area contributed by atoms with E-state index < -0.39 is 5.60 Å². The molecule has 0 radical (unpaired) electrons. The van der Waals surface area contributed by atoms with Crippen LogP contribution in [-0.4, -0.2) is 30.2 Å². The van der Waals surface area contributed by atoms with Crippen LogP contribution < -0.4 is 0 Å². The van der Waals surface area contributed by atoms with Crippen molar-refractivity contribution in [3.8, 4) is 22.5 Å². The van der Waals surface area contributed by atoms with Gasteiger partial charge in [0.15, 0.2) is 5.15 Å². The molecule has 7 rings (SSSR count). The fourth-order valence-corrected chi connectivity index (χ4v) is 6.73. The molecular weight excluding hydrogens is 628 g/mol. The number of nitrogens with one attached hydrogen (secondary N) is 1. The van der Waals surface area contributed by atoms with E-state index in [1.165, 1.54) is 0 Å². The first-order chi connectivity index (χ1) is 24.2. The van der Waals surface area contributed by atoms with Gasteiger partial charge in [0, 0.05) is 18.5 Å². The Bertz CT molecular complexity index is 1980. The van der Waals surface area contributed by atoms with Crippen molar-refractivity contribution in [2.24, 2.45) is 0 Å². The van der Waals surface area contributed by atoms with Crippen LogP contribution in [0.3, 0.4) is 0 Å². The third-order valence-electron chi connectivity index (χ3n) is 8.94. The van der Waals surface area contributed by atoms with Gasteiger partial charge in [0.05, 0.1) is 12.3 Å². The number of benzene rings is 5. The van der Waals surface area contributed by atoms with E-state index in [-0.39, 0.29) is 6.61 Å². The molecule has 7 nitrogen and oxygen atoms in total. The van der Waals surface area contributed by atoms with Gasteiger partial charge in [-0.25, -0.2) is 4.98 Å². The predicted molar refractivity (Wildman–Crippen MR) is 194 cm³/mol. The summed E-state index contributed by atoms with van der Waals surface area (Å²) >= 11 is 7.00. The molecular formula is C41H37ClN6O. The number of ether oxygens (including phenoxy) is 1. The summed E-state index contributed by atoms with van der Waals surface area (Å²) in [6.07, 6.45) is 2.90. The second-order valence-corrected chi connectivity index (χ2v) is 12.4. The molecule has 8 heteroatoms. The van der Waals surface area contributed by atoms with Gasteiger partial charge in [-0.1, -0.05) is 164 Å². The maximum atomic E-state index is 7.21. The van der Waals surface area contributed by atoms with Crippen molar-refractivity contribution in [1.29, 1.82) is 0 Å². The van der Waals surface area contributed by atoms with Crippen molar-refractivity contribution in [2.45, 2.75) is 44.9 Å². The number of aryl methyl sites for hydroxylation is 1. The van der Waals surface area contributed by atoms with Gasteiger partial charge in [0.1, 0.15) is 11.4 Å². The molecule has 5 aromatic carbocycles. The monoisotopic (exact) mass is 664 g/mol. The van der Waals surface area contributed by atoms with Gasteiger partial charge in [-0.2, -0.15) is 5.21 Å². The largest absolute Gasteiger partial charge is 0.355 e. The first-order valence-electron chi connectivity index (χ1n) is 16.6. The SMILES string of the molecule is CCCCc1nc(Cl)c(COC(c2ccccc2)(c2ccccc2)c2ccccc2)n1Cc1ccc(-c2ccccc2-c2nn[nH]n2)cc1. The van der Waals surface area contributed by atoms with Crippen LogP contribution in [0.1, 0.15) is 53.5 Å². The summed E-state index contributed by atoms with van der Waals surface area (Å²) in [5.41, 5.74) is 7.26. The molecule has 2 heterocycles. The Labute approximate surface area is 291 Å². The smallest absolute Gasteiger partial charge is 0.205 e. The highest BCUT2D eigenvalue weighted by atomic mass is 35.5. The molecule has 7 aromatic rings. The second-order valence-electron chi connectivity index (χ2n) is 12.0. The molecule has 0 spiro atoms. The summed E-state index contributed by atoms with van der Waals surface area (Å²) < 4.78 is 9.45. The lowest BCUT2D eigenvalue weighted by Gasteiger charge is -2.36. The van der Waals surface area contributed by atoms with E-state index in [2.05, 4.69) is 135 Å². The fourth-order valence-electron chi connectivity index (χ4n) is 6.48. The van der Waals surface area contributed by atoms with E-state index in [1.54, 1.807) is 0 Å². The number of nitrogens with zero attached hydrogens (tertiary/aromatic N) is 5. The molecule has 0 fully saturated rings. The maximum Gasteiger partial charge on any atom is 0.205 e. The Morgan fingerprint density at radius 2 is 1.29 bits per heavy atom. The number of hydrogen-bond donors (Lipinski definition) is 1. The van der Waals surface area contributed by atoms with Crippen molar-refractivity contribution < 1.29 is 4.74 Å². The lowest BCUT2D eigenvalue weighted by molar-refractivity contribution is -0.00264. The number of H-pyrrole nitrogens is 1. The Kier molecular flexibility index (Phi) is 9.73. The van der Waals surface area contributed by atoms with E-state index in [0.29, 0.717) is 17.5 Å². The summed E-state index contributed by atoms with van der Waals surface area (Å²) in [6, 6.07) is 47.9. The van der Waals surface area contributed by atoms with Gasteiger partial charge in [-0.05, 0) is 45.0 Å². The number of hydrogen-bond acceptors (Lipinski definition) is 5. The summed E-state index contributed by atoms with van der Waals surface area (Å²) in [7, 11) is 0. The fraction of sp³-hybridized carbons (Fsp3) is 0.171. The lowest BCUT2D eigenvalue weighted by atomic mass is 9.80. The summed E-state index contributed by atoms with van der Waals surface area (Å²) in [4.78, 5) is 4.89. The van der Waals surface area contributed by atoms with Crippen molar-refractivity contribution in [3.05, 3.63) is 178 Å². The highest BCUT2D eigenvalue weighted by molar-refractivity contribution is 6.30. The highest BCUT2D eigenvalue weighted by Crippen LogP contribution is 2.41. The topological polar surface area (TPSA) is 81.5 Å². The van der Waals surface area contributed by atoms with Crippen molar-refractivity contribution in [3.63, 3.8) is 0 Å². The van der Waals surface area contributed by atoms with E-state index in [1.807, 2.05) is 36.4 Å². The van der Waals surface area contributed by atoms with Crippen LogP contribution in [0.4, 0.5) is 0 Å². The quantitative estimate of drug-likeness (QED) is 0.124. The van der Waals surface area contributed by atoms with Gasteiger partial charge in [-0.3, -0.25) is 0 Å². The van der Waals surface area contributed by atoms with Gasteiger partial charge in [-0.15, -0.1) is 10.2 Å². The lowest BCUT2D eigenvalue weighted by Crippen LogP contribution is -2.33. The molecule has 2 aromatic heterocycles. The minimum absolute atomic E-state index is 0.257. The Morgan fingerprint density at radius 3 is 1.84 bits per heavy atom. The van der Waals surface area contributed by atoms with Crippen LogP contribution in [0.25, 0.3) is 22.5 Å².